The highest BCUT2D eigenvalue weighted by atomic mass is 19.4. The van der Waals surface area contributed by atoms with Gasteiger partial charge in [0.25, 0.3) is 5.91 Å². The van der Waals surface area contributed by atoms with Crippen LogP contribution >= 0.6 is 0 Å². The summed E-state index contributed by atoms with van der Waals surface area (Å²) >= 11 is 0. The number of carboxylic acids is 1. The smallest absolute Gasteiger partial charge is 0.433 e. The Morgan fingerprint density at radius 1 is 1.30 bits per heavy atom. The predicted octanol–water partition coefficient (Wildman–Crippen LogP) is 2.71. The number of carboxylic acid groups (broad SMARTS) is 1. The van der Waals surface area contributed by atoms with Crippen LogP contribution in [0.3, 0.4) is 0 Å². The quantitative estimate of drug-likeness (QED) is 0.837. The van der Waals surface area contributed by atoms with E-state index in [0.29, 0.717) is 4.68 Å². The number of alkyl halides is 3. The number of amides is 1. The van der Waals surface area contributed by atoms with Gasteiger partial charge in [0.1, 0.15) is 6.04 Å². The first kappa shape index (κ1) is 19.0. The fourth-order valence-electron chi connectivity index (χ4n) is 2.13. The van der Waals surface area contributed by atoms with E-state index in [1.807, 2.05) is 0 Å². The normalized spacial score (nSPS) is 13.4. The van der Waals surface area contributed by atoms with Gasteiger partial charge in [-0.25, -0.2) is 4.79 Å². The van der Waals surface area contributed by atoms with Gasteiger partial charge in [0.2, 0.25) is 0 Å². The largest absolute Gasteiger partial charge is 0.480 e. The molecule has 23 heavy (non-hydrogen) atoms. The van der Waals surface area contributed by atoms with Crippen LogP contribution in [0, 0.1) is 5.92 Å². The summed E-state index contributed by atoms with van der Waals surface area (Å²) in [6, 6.07) is -1.86. The molecule has 0 aliphatic heterocycles. The highest BCUT2D eigenvalue weighted by molar-refractivity contribution is 5.97. The van der Waals surface area contributed by atoms with E-state index < -0.39 is 41.4 Å². The lowest BCUT2D eigenvalue weighted by molar-refractivity contribution is -0.145. The van der Waals surface area contributed by atoms with Gasteiger partial charge in [-0.1, -0.05) is 13.8 Å². The third-order valence-electron chi connectivity index (χ3n) is 3.11. The lowest BCUT2D eigenvalue weighted by Crippen LogP contribution is -2.42. The molecule has 130 valence electrons. The molecule has 0 saturated carbocycles. The molecule has 9 heteroatoms. The highest BCUT2D eigenvalue weighted by Crippen LogP contribution is 2.33. The number of rotatable bonds is 6. The van der Waals surface area contributed by atoms with Crippen LogP contribution in [0.15, 0.2) is 6.20 Å². The van der Waals surface area contributed by atoms with Crippen LogP contribution in [0.2, 0.25) is 0 Å². The first-order chi connectivity index (χ1) is 10.4. The van der Waals surface area contributed by atoms with Crippen LogP contribution in [0.4, 0.5) is 13.2 Å². The summed E-state index contributed by atoms with van der Waals surface area (Å²) in [5.41, 5.74) is -1.86. The SMILES string of the molecule is CC(C)C[C@@H](NC(=O)c1cnn(C(C)C)c1C(F)(F)F)C(=O)O. The molecule has 0 aliphatic rings. The van der Waals surface area contributed by atoms with Crippen molar-refractivity contribution in [1.82, 2.24) is 15.1 Å². The number of nitrogens with zero attached hydrogens (tertiary/aromatic N) is 2. The van der Waals surface area contributed by atoms with Crippen molar-refractivity contribution in [3.8, 4) is 0 Å². The summed E-state index contributed by atoms with van der Waals surface area (Å²) in [6.45, 7) is 6.51. The minimum absolute atomic E-state index is 0.0446. The Bertz CT molecular complexity index is 580. The molecule has 1 aromatic rings. The molecule has 0 spiro atoms. The van der Waals surface area contributed by atoms with Gasteiger partial charge in [-0.15, -0.1) is 0 Å². The Kier molecular flexibility index (Phi) is 5.79. The summed E-state index contributed by atoms with van der Waals surface area (Å²) in [5.74, 6) is -2.44. The number of halogens is 3. The zero-order valence-corrected chi connectivity index (χ0v) is 13.3. The van der Waals surface area contributed by atoms with Crippen molar-refractivity contribution in [3.05, 3.63) is 17.5 Å². The molecular weight excluding hydrogens is 315 g/mol. The Balaban J connectivity index is 3.15. The van der Waals surface area contributed by atoms with E-state index >= 15 is 0 Å². The van der Waals surface area contributed by atoms with Crippen LogP contribution in [-0.2, 0) is 11.0 Å². The van der Waals surface area contributed by atoms with Crippen LogP contribution in [0.5, 0.6) is 0 Å². The molecule has 0 unspecified atom stereocenters. The number of carbonyl (C=O) groups excluding carboxylic acids is 1. The molecule has 1 heterocycles. The van der Waals surface area contributed by atoms with E-state index in [1.54, 1.807) is 13.8 Å². The van der Waals surface area contributed by atoms with E-state index in [4.69, 9.17) is 5.11 Å². The molecule has 0 radical (unpaired) electrons. The molecule has 2 N–H and O–H groups in total. The monoisotopic (exact) mass is 335 g/mol. The number of aromatic nitrogens is 2. The minimum atomic E-state index is -4.77. The summed E-state index contributed by atoms with van der Waals surface area (Å²) in [4.78, 5) is 23.3. The van der Waals surface area contributed by atoms with Gasteiger partial charge in [-0.05, 0) is 26.2 Å². The van der Waals surface area contributed by atoms with Gasteiger partial charge in [-0.3, -0.25) is 9.48 Å². The fourth-order valence-corrected chi connectivity index (χ4v) is 2.13. The van der Waals surface area contributed by atoms with E-state index in [9.17, 15) is 22.8 Å². The molecule has 0 saturated heterocycles. The average molecular weight is 335 g/mol. The summed E-state index contributed by atoms with van der Waals surface area (Å²) in [6.07, 6.45) is -3.85. The summed E-state index contributed by atoms with van der Waals surface area (Å²) in [5, 5.41) is 14.8. The van der Waals surface area contributed by atoms with Crippen molar-refractivity contribution in [3.63, 3.8) is 0 Å². The van der Waals surface area contributed by atoms with Gasteiger partial charge in [-0.2, -0.15) is 18.3 Å². The number of carbonyl (C=O) groups is 2. The van der Waals surface area contributed by atoms with Gasteiger partial charge < -0.3 is 10.4 Å². The van der Waals surface area contributed by atoms with Crippen molar-refractivity contribution < 1.29 is 27.9 Å². The zero-order valence-electron chi connectivity index (χ0n) is 13.3. The van der Waals surface area contributed by atoms with Gasteiger partial charge in [0.05, 0.1) is 11.8 Å². The summed E-state index contributed by atoms with van der Waals surface area (Å²) in [7, 11) is 0. The first-order valence-electron chi connectivity index (χ1n) is 7.13. The molecular formula is C14H20F3N3O3. The van der Waals surface area contributed by atoms with E-state index in [0.717, 1.165) is 6.20 Å². The van der Waals surface area contributed by atoms with Crippen LogP contribution < -0.4 is 5.32 Å². The van der Waals surface area contributed by atoms with E-state index in [-0.39, 0.29) is 12.3 Å². The lowest BCUT2D eigenvalue weighted by atomic mass is 10.0. The molecule has 0 fully saturated rings. The molecule has 1 amide bonds. The molecule has 0 aromatic carbocycles. The molecule has 0 aliphatic carbocycles. The van der Waals surface area contributed by atoms with Crippen molar-refractivity contribution >= 4 is 11.9 Å². The average Bonchev–Trinajstić information content (AvgIpc) is 2.81. The fraction of sp³-hybridized carbons (Fsp3) is 0.643. The number of hydrogen-bond donors (Lipinski definition) is 2. The van der Waals surface area contributed by atoms with E-state index in [1.165, 1.54) is 13.8 Å². The third kappa shape index (κ3) is 4.70. The van der Waals surface area contributed by atoms with Crippen LogP contribution in [0.1, 0.15) is 56.2 Å². The van der Waals surface area contributed by atoms with Gasteiger partial charge in [0.15, 0.2) is 5.69 Å². The van der Waals surface area contributed by atoms with E-state index in [2.05, 4.69) is 10.4 Å². The molecule has 0 bridgehead atoms. The predicted molar refractivity (Wildman–Crippen MR) is 76.0 cm³/mol. The van der Waals surface area contributed by atoms with Crippen LogP contribution in [0.25, 0.3) is 0 Å². The standard InChI is InChI=1S/C14H20F3N3O3/c1-7(2)5-10(13(22)23)19-12(21)9-6-18-20(8(3)4)11(9)14(15,16)17/h6-8,10H,5H2,1-4H3,(H,19,21)(H,22,23)/t10-/m1/s1. The minimum Gasteiger partial charge on any atom is -0.480 e. The number of nitrogens with one attached hydrogen (secondary N) is 1. The lowest BCUT2D eigenvalue weighted by Gasteiger charge is -2.18. The second-order valence-electron chi connectivity index (χ2n) is 5.94. The first-order valence-corrected chi connectivity index (χ1v) is 7.13. The Morgan fingerprint density at radius 2 is 1.87 bits per heavy atom. The summed E-state index contributed by atoms with van der Waals surface area (Å²) < 4.78 is 40.3. The maximum Gasteiger partial charge on any atom is 0.433 e. The molecule has 1 atom stereocenters. The number of hydrogen-bond acceptors (Lipinski definition) is 3. The molecule has 1 aromatic heterocycles. The van der Waals surface area contributed by atoms with Crippen molar-refractivity contribution in [2.45, 2.75) is 52.4 Å². The van der Waals surface area contributed by atoms with Crippen molar-refractivity contribution in [2.75, 3.05) is 0 Å². The maximum absolute atomic E-state index is 13.2. The topological polar surface area (TPSA) is 84.2 Å². The number of aliphatic carboxylic acids is 1. The van der Waals surface area contributed by atoms with Gasteiger partial charge >= 0.3 is 12.1 Å². The Labute approximate surface area is 131 Å². The third-order valence-corrected chi connectivity index (χ3v) is 3.11. The Morgan fingerprint density at radius 3 is 2.26 bits per heavy atom. The van der Waals surface area contributed by atoms with Crippen molar-refractivity contribution in [1.29, 1.82) is 0 Å². The zero-order chi connectivity index (χ0) is 17.9. The van der Waals surface area contributed by atoms with Gasteiger partial charge in [0, 0.05) is 6.04 Å². The molecule has 6 nitrogen and oxygen atoms in total. The van der Waals surface area contributed by atoms with Crippen molar-refractivity contribution in [2.24, 2.45) is 5.92 Å². The maximum atomic E-state index is 13.2. The molecule has 1 rings (SSSR count). The second kappa shape index (κ2) is 7.01. The second-order valence-corrected chi connectivity index (χ2v) is 5.94. The Hall–Kier alpha value is -2.06. The highest BCUT2D eigenvalue weighted by Gasteiger charge is 2.41. The van der Waals surface area contributed by atoms with Crippen LogP contribution in [-0.4, -0.2) is 32.8 Å².